The molecule has 0 bridgehead atoms. The Labute approximate surface area is 335 Å². The van der Waals surface area contributed by atoms with E-state index in [-0.39, 0.29) is 0 Å². The SMILES string of the molecule is C=CC=Cc1ccc([S][Sb]([S]c2ccc(C=CC=C)cc2)[c]2cc[c]([Sb]([S]c3ccc(C=CC=C)cc3)[S]c3ccc(C=CC=C)cc3)cc2)cc1. The van der Waals surface area contributed by atoms with E-state index in [1.54, 1.807) is 0 Å². The summed E-state index contributed by atoms with van der Waals surface area (Å²) in [6, 6.07) is 45.4. The van der Waals surface area contributed by atoms with Crippen LogP contribution in [0.25, 0.3) is 24.3 Å². The van der Waals surface area contributed by atoms with Crippen LogP contribution in [0.4, 0.5) is 0 Å². The Kier molecular flexibility index (Phi) is 17.3. The van der Waals surface area contributed by atoms with Gasteiger partial charge in [0.1, 0.15) is 0 Å². The maximum atomic E-state index is 3.80. The van der Waals surface area contributed by atoms with Crippen LogP contribution in [-0.2, 0) is 0 Å². The molecule has 6 heteroatoms. The van der Waals surface area contributed by atoms with Crippen LogP contribution in [0.1, 0.15) is 22.3 Å². The molecule has 0 heterocycles. The van der Waals surface area contributed by atoms with Crippen LogP contribution in [0, 0.1) is 0 Å². The molecule has 5 aromatic rings. The minimum atomic E-state index is -2.16. The molecule has 0 fully saturated rings. The van der Waals surface area contributed by atoms with Gasteiger partial charge in [-0.25, -0.2) is 0 Å². The number of hydrogen-bond acceptors (Lipinski definition) is 4. The normalized spacial score (nSPS) is 11.7. The summed E-state index contributed by atoms with van der Waals surface area (Å²) in [5.74, 6) is 0. The van der Waals surface area contributed by atoms with Crippen molar-refractivity contribution in [2.45, 2.75) is 19.6 Å². The predicted molar refractivity (Wildman–Crippen MR) is 243 cm³/mol. The summed E-state index contributed by atoms with van der Waals surface area (Å²) >= 11 is -4.33. The molecule has 258 valence electrons. The van der Waals surface area contributed by atoms with E-state index >= 15 is 0 Å². The van der Waals surface area contributed by atoms with Crippen LogP contribution in [0.2, 0.25) is 0 Å². The topological polar surface area (TPSA) is 0 Å². The van der Waals surface area contributed by atoms with Crippen LogP contribution in [0.3, 0.4) is 0 Å². The van der Waals surface area contributed by atoms with E-state index in [4.69, 9.17) is 0 Å². The first-order chi connectivity index (χ1) is 25.6. The number of rotatable bonds is 18. The molecule has 5 rings (SSSR count). The Morgan fingerprint density at radius 1 is 0.308 bits per heavy atom. The fraction of sp³-hybridized carbons (Fsp3) is 0. The van der Waals surface area contributed by atoms with E-state index in [1.165, 1.54) is 48.9 Å². The first-order valence-electron chi connectivity index (χ1n) is 16.6. The molecule has 0 radical (unpaired) electrons. The zero-order valence-electron chi connectivity index (χ0n) is 28.8. The first-order valence-corrected chi connectivity index (χ1v) is 34.7. The monoisotopic (exact) mass is 962 g/mol. The van der Waals surface area contributed by atoms with Gasteiger partial charge in [0.2, 0.25) is 0 Å². The van der Waals surface area contributed by atoms with Crippen LogP contribution < -0.4 is 7.02 Å². The molecule has 0 atom stereocenters. The second kappa shape index (κ2) is 22.3. The van der Waals surface area contributed by atoms with Gasteiger partial charge in [-0.3, -0.25) is 0 Å². The zero-order valence-corrected chi connectivity index (χ0v) is 37.2. The molecule has 0 nitrogen and oxygen atoms in total. The summed E-state index contributed by atoms with van der Waals surface area (Å²) in [4.78, 5) is 5.28. The van der Waals surface area contributed by atoms with Gasteiger partial charge in [-0.1, -0.05) is 0 Å². The Balaban J connectivity index is 1.43. The summed E-state index contributed by atoms with van der Waals surface area (Å²) in [5.41, 5.74) is 4.75. The Bertz CT molecular complexity index is 1750. The molecule has 0 saturated carbocycles. The second-order valence-electron chi connectivity index (χ2n) is 11.1. The van der Waals surface area contributed by atoms with Gasteiger partial charge in [0, 0.05) is 0 Å². The third-order valence-corrected chi connectivity index (χ3v) is 38.5. The van der Waals surface area contributed by atoms with Crippen molar-refractivity contribution in [3.8, 4) is 0 Å². The molecular weight excluding hydrogens is 924 g/mol. The number of hydrogen-bond donors (Lipinski definition) is 0. The van der Waals surface area contributed by atoms with Crippen LogP contribution >= 0.6 is 35.4 Å². The quantitative estimate of drug-likeness (QED) is 0.0634. The second-order valence-corrected chi connectivity index (χ2v) is 38.7. The van der Waals surface area contributed by atoms with E-state index in [0.29, 0.717) is 0 Å². The average molecular weight is 965 g/mol. The van der Waals surface area contributed by atoms with Gasteiger partial charge in [0.05, 0.1) is 0 Å². The van der Waals surface area contributed by atoms with Gasteiger partial charge in [0.15, 0.2) is 0 Å². The predicted octanol–water partition coefficient (Wildman–Crippen LogP) is 13.0. The average Bonchev–Trinajstić information content (AvgIpc) is 3.19. The molecule has 52 heavy (non-hydrogen) atoms. The van der Waals surface area contributed by atoms with Crippen molar-refractivity contribution in [2.75, 3.05) is 0 Å². The Hall–Kier alpha value is -2.94. The van der Waals surface area contributed by atoms with Crippen molar-refractivity contribution in [2.24, 2.45) is 0 Å². The Morgan fingerprint density at radius 2 is 0.519 bits per heavy atom. The Morgan fingerprint density at radius 3 is 0.712 bits per heavy atom. The molecule has 0 spiro atoms. The molecule has 0 aromatic heterocycles. The van der Waals surface area contributed by atoms with Crippen LogP contribution in [0.5, 0.6) is 0 Å². The summed E-state index contributed by atoms with van der Waals surface area (Å²) in [5, 5.41) is 0. The van der Waals surface area contributed by atoms with Crippen molar-refractivity contribution in [3.63, 3.8) is 0 Å². The fourth-order valence-electron chi connectivity index (χ4n) is 4.60. The summed E-state index contributed by atoms with van der Waals surface area (Å²) in [6.07, 6.45) is 23.6. The zero-order chi connectivity index (χ0) is 36.4. The van der Waals surface area contributed by atoms with Crippen LogP contribution in [0.15, 0.2) is 216 Å². The third-order valence-electron chi connectivity index (χ3n) is 7.24. The fourth-order valence-corrected chi connectivity index (χ4v) is 35.8. The van der Waals surface area contributed by atoms with Crippen molar-refractivity contribution in [1.82, 2.24) is 0 Å². The summed E-state index contributed by atoms with van der Waals surface area (Å²) in [7, 11) is 8.31. The van der Waals surface area contributed by atoms with Gasteiger partial charge in [-0.05, 0) is 0 Å². The minimum absolute atomic E-state index is 1.19. The molecule has 0 saturated heterocycles. The van der Waals surface area contributed by atoms with Crippen molar-refractivity contribution in [1.29, 1.82) is 0 Å². The van der Waals surface area contributed by atoms with Gasteiger partial charge >= 0.3 is 340 Å². The summed E-state index contributed by atoms with van der Waals surface area (Å²) < 4.78 is 2.97. The van der Waals surface area contributed by atoms with E-state index in [2.05, 4.69) is 207 Å². The van der Waals surface area contributed by atoms with E-state index in [1.807, 2.05) is 48.6 Å². The maximum absolute atomic E-state index is 3.80. The van der Waals surface area contributed by atoms with Crippen molar-refractivity contribution in [3.05, 3.63) is 219 Å². The molecule has 5 aromatic carbocycles. The van der Waals surface area contributed by atoms with Gasteiger partial charge in [-0.15, -0.1) is 0 Å². The number of allylic oxidation sites excluding steroid dienone is 8. The summed E-state index contributed by atoms with van der Waals surface area (Å²) in [6.45, 7) is 15.2. The van der Waals surface area contributed by atoms with E-state index in [9.17, 15) is 0 Å². The van der Waals surface area contributed by atoms with Crippen LogP contribution in [-0.4, -0.2) is 34.8 Å². The first kappa shape index (κ1) is 40.2. The molecule has 0 unspecified atom stereocenters. The molecule has 0 aliphatic carbocycles. The third kappa shape index (κ3) is 13.2. The van der Waals surface area contributed by atoms with E-state index < -0.39 is 34.8 Å². The standard InChI is InChI=1S/4C10H10S.C6H4.2Sb/c4*1-2-3-4-9-5-7-10(11)8-6-9;1-2-4-6-5-3-1;;/h4*2-8,11H,1H2;1-2,5-6H;;/q;;;;;2*+2/p-4. The molecule has 0 amide bonds. The number of benzene rings is 5. The van der Waals surface area contributed by atoms with Gasteiger partial charge in [-0.2, -0.15) is 0 Å². The molecule has 0 aliphatic rings. The molecular formula is C46H40S4Sb2. The molecule has 0 N–H and O–H groups in total. The van der Waals surface area contributed by atoms with Crippen molar-refractivity contribution < 1.29 is 0 Å². The molecule has 0 aliphatic heterocycles. The van der Waals surface area contributed by atoms with Gasteiger partial charge < -0.3 is 0 Å². The van der Waals surface area contributed by atoms with Gasteiger partial charge in [0.25, 0.3) is 0 Å². The van der Waals surface area contributed by atoms with Crippen molar-refractivity contribution >= 4 is 102 Å². The van der Waals surface area contributed by atoms with E-state index in [0.717, 1.165) is 0 Å².